The van der Waals surface area contributed by atoms with Gasteiger partial charge in [0.05, 0.1) is 12.1 Å². The number of aliphatic carboxylic acids is 1. The van der Waals surface area contributed by atoms with E-state index in [1.807, 2.05) is 24.3 Å². The largest absolute Gasteiger partial charge is 0.481 e. The maximum Gasteiger partial charge on any atom is 0.308 e. The lowest BCUT2D eigenvalue weighted by atomic mass is 9.86. The molecule has 0 saturated heterocycles. The van der Waals surface area contributed by atoms with Crippen molar-refractivity contribution in [2.24, 2.45) is 0 Å². The van der Waals surface area contributed by atoms with E-state index in [2.05, 4.69) is 31.1 Å². The summed E-state index contributed by atoms with van der Waals surface area (Å²) in [4.78, 5) is 27.5. The minimum absolute atomic E-state index is 0.0317. The number of carboxylic acids is 1. The molecule has 1 aromatic carbocycles. The van der Waals surface area contributed by atoms with Crippen molar-refractivity contribution < 1.29 is 14.7 Å². The van der Waals surface area contributed by atoms with E-state index in [-0.39, 0.29) is 23.6 Å². The van der Waals surface area contributed by atoms with Crippen LogP contribution in [-0.4, -0.2) is 27.8 Å². The van der Waals surface area contributed by atoms with Gasteiger partial charge in [-0.15, -0.1) is 22.9 Å². The lowest BCUT2D eigenvalue weighted by Gasteiger charge is -2.19. The third kappa shape index (κ3) is 4.55. The minimum atomic E-state index is -0.943. The number of nitrogens with one attached hydrogen (secondary N) is 1. The van der Waals surface area contributed by atoms with Gasteiger partial charge in [0.1, 0.15) is 5.88 Å². The highest BCUT2D eigenvalue weighted by atomic mass is 35.5. The molecule has 1 heterocycles. The number of thiazole rings is 1. The van der Waals surface area contributed by atoms with Crippen molar-refractivity contribution in [2.45, 2.75) is 32.6 Å². The van der Waals surface area contributed by atoms with E-state index < -0.39 is 5.97 Å². The first-order valence-electron chi connectivity index (χ1n) is 7.39. The van der Waals surface area contributed by atoms with Gasteiger partial charge in [-0.2, -0.15) is 0 Å². The molecular weight excluding hydrogens is 348 g/mol. The summed E-state index contributed by atoms with van der Waals surface area (Å²) < 4.78 is 0. The SMILES string of the molecule is CC(C)(C)c1ccc(-c2nc(NC(=O)CCl)sc2CC(=O)O)cc1. The maximum absolute atomic E-state index is 11.4. The Bertz CT molecular complexity index is 748. The number of amides is 1. The Morgan fingerprint density at radius 3 is 2.38 bits per heavy atom. The molecule has 2 rings (SSSR count). The van der Waals surface area contributed by atoms with E-state index in [0.29, 0.717) is 15.7 Å². The molecule has 7 heteroatoms. The Labute approximate surface area is 149 Å². The summed E-state index contributed by atoms with van der Waals surface area (Å²) in [7, 11) is 0. The van der Waals surface area contributed by atoms with Gasteiger partial charge in [0.15, 0.2) is 5.13 Å². The van der Waals surface area contributed by atoms with Crippen molar-refractivity contribution in [1.29, 1.82) is 0 Å². The molecule has 0 fully saturated rings. The number of carbonyl (C=O) groups excluding carboxylic acids is 1. The highest BCUT2D eigenvalue weighted by molar-refractivity contribution is 7.16. The summed E-state index contributed by atoms with van der Waals surface area (Å²) in [5.41, 5.74) is 2.61. The van der Waals surface area contributed by atoms with Gasteiger partial charge in [-0.3, -0.25) is 9.59 Å². The highest BCUT2D eigenvalue weighted by Crippen LogP contribution is 2.33. The smallest absolute Gasteiger partial charge is 0.308 e. The van der Waals surface area contributed by atoms with Gasteiger partial charge >= 0.3 is 5.97 Å². The normalized spacial score (nSPS) is 11.3. The van der Waals surface area contributed by atoms with Gasteiger partial charge in [0.25, 0.3) is 0 Å². The van der Waals surface area contributed by atoms with Gasteiger partial charge in [0.2, 0.25) is 5.91 Å². The van der Waals surface area contributed by atoms with Crippen molar-refractivity contribution in [3.63, 3.8) is 0 Å². The number of nitrogens with zero attached hydrogens (tertiary/aromatic N) is 1. The van der Waals surface area contributed by atoms with Crippen molar-refractivity contribution >= 4 is 39.9 Å². The summed E-state index contributed by atoms with van der Waals surface area (Å²) >= 11 is 6.63. The third-order valence-corrected chi connectivity index (χ3v) is 4.61. The second-order valence-corrected chi connectivity index (χ2v) is 7.72. The Morgan fingerprint density at radius 1 is 1.25 bits per heavy atom. The van der Waals surface area contributed by atoms with Crippen LogP contribution in [0, 0.1) is 0 Å². The molecule has 2 N–H and O–H groups in total. The van der Waals surface area contributed by atoms with Crippen molar-refractivity contribution in [3.8, 4) is 11.3 Å². The molecule has 0 atom stereocenters. The van der Waals surface area contributed by atoms with E-state index in [1.165, 1.54) is 5.56 Å². The summed E-state index contributed by atoms with van der Waals surface area (Å²) in [6.45, 7) is 6.38. The Balaban J connectivity index is 2.39. The highest BCUT2D eigenvalue weighted by Gasteiger charge is 2.18. The minimum Gasteiger partial charge on any atom is -0.481 e. The van der Waals surface area contributed by atoms with Crippen LogP contribution in [0.2, 0.25) is 0 Å². The van der Waals surface area contributed by atoms with Crippen molar-refractivity contribution in [3.05, 3.63) is 34.7 Å². The number of aromatic nitrogens is 1. The van der Waals surface area contributed by atoms with Crippen LogP contribution >= 0.6 is 22.9 Å². The van der Waals surface area contributed by atoms with Crippen molar-refractivity contribution in [1.82, 2.24) is 4.98 Å². The molecule has 0 aliphatic rings. The molecule has 0 aliphatic carbocycles. The number of alkyl halides is 1. The number of carboxylic acid groups (broad SMARTS) is 1. The first-order valence-corrected chi connectivity index (χ1v) is 8.74. The fraction of sp³-hybridized carbons (Fsp3) is 0.353. The summed E-state index contributed by atoms with van der Waals surface area (Å²) in [6.07, 6.45) is -0.148. The standard InChI is InChI=1S/C17H19ClN2O3S/c1-17(2,3)11-6-4-10(5-7-11)15-12(8-14(22)23)24-16(20-15)19-13(21)9-18/h4-7H,8-9H2,1-3H3,(H,22,23)(H,19,20,21). The Morgan fingerprint density at radius 2 is 1.88 bits per heavy atom. The van der Waals surface area contributed by atoms with E-state index in [4.69, 9.17) is 16.7 Å². The number of benzene rings is 1. The number of halogens is 1. The molecule has 0 radical (unpaired) electrons. The Kier molecular flexibility index (Phi) is 5.62. The Hall–Kier alpha value is -1.92. The van der Waals surface area contributed by atoms with Crippen LogP contribution in [0.3, 0.4) is 0 Å². The van der Waals surface area contributed by atoms with Crippen LogP contribution in [0.4, 0.5) is 5.13 Å². The molecule has 0 bridgehead atoms. The van der Waals surface area contributed by atoms with Gasteiger partial charge in [-0.25, -0.2) is 4.98 Å². The number of carbonyl (C=O) groups is 2. The van der Waals surface area contributed by atoms with Crippen LogP contribution < -0.4 is 5.32 Å². The average Bonchev–Trinajstić information content (AvgIpc) is 2.88. The molecule has 5 nitrogen and oxygen atoms in total. The quantitative estimate of drug-likeness (QED) is 0.786. The molecule has 2 aromatic rings. The van der Waals surface area contributed by atoms with Crippen molar-refractivity contribution in [2.75, 3.05) is 11.2 Å². The second kappa shape index (κ2) is 7.32. The molecule has 0 aliphatic heterocycles. The predicted octanol–water partition coefficient (Wildman–Crippen LogP) is 3.91. The zero-order chi connectivity index (χ0) is 17.9. The van der Waals surface area contributed by atoms with Crippen LogP contribution in [0.25, 0.3) is 11.3 Å². The van der Waals surface area contributed by atoms with Crippen LogP contribution in [-0.2, 0) is 21.4 Å². The zero-order valence-corrected chi connectivity index (χ0v) is 15.3. The predicted molar refractivity (Wildman–Crippen MR) is 96.9 cm³/mol. The van der Waals surface area contributed by atoms with Crippen LogP contribution in [0.15, 0.2) is 24.3 Å². The number of hydrogen-bond donors (Lipinski definition) is 2. The summed E-state index contributed by atoms with van der Waals surface area (Å²) in [5.74, 6) is -1.49. The van der Waals surface area contributed by atoms with E-state index in [1.54, 1.807) is 0 Å². The van der Waals surface area contributed by atoms with Gasteiger partial charge in [-0.05, 0) is 11.0 Å². The molecule has 128 valence electrons. The van der Waals surface area contributed by atoms with Gasteiger partial charge < -0.3 is 10.4 Å². The van der Waals surface area contributed by atoms with E-state index >= 15 is 0 Å². The fourth-order valence-electron chi connectivity index (χ4n) is 2.17. The molecular formula is C17H19ClN2O3S. The monoisotopic (exact) mass is 366 g/mol. The molecule has 0 spiro atoms. The maximum atomic E-state index is 11.4. The summed E-state index contributed by atoms with van der Waals surface area (Å²) in [6, 6.07) is 7.87. The average molecular weight is 367 g/mol. The second-order valence-electron chi connectivity index (χ2n) is 6.37. The topological polar surface area (TPSA) is 79.3 Å². The molecule has 0 saturated carbocycles. The lowest BCUT2D eigenvalue weighted by molar-refractivity contribution is -0.136. The van der Waals surface area contributed by atoms with Crippen LogP contribution in [0.1, 0.15) is 31.2 Å². The molecule has 1 aromatic heterocycles. The first kappa shape index (κ1) is 18.4. The number of anilines is 1. The van der Waals surface area contributed by atoms with Gasteiger partial charge in [-0.1, -0.05) is 45.0 Å². The zero-order valence-electron chi connectivity index (χ0n) is 13.7. The fourth-order valence-corrected chi connectivity index (χ4v) is 3.23. The number of hydrogen-bond acceptors (Lipinski definition) is 4. The first-order chi connectivity index (χ1) is 11.2. The molecule has 1 amide bonds. The van der Waals surface area contributed by atoms with E-state index in [0.717, 1.165) is 16.9 Å². The van der Waals surface area contributed by atoms with E-state index in [9.17, 15) is 9.59 Å². The van der Waals surface area contributed by atoms with Crippen LogP contribution in [0.5, 0.6) is 0 Å². The van der Waals surface area contributed by atoms with Gasteiger partial charge in [0, 0.05) is 10.4 Å². The molecule has 24 heavy (non-hydrogen) atoms. The lowest BCUT2D eigenvalue weighted by Crippen LogP contribution is -2.12. The third-order valence-electron chi connectivity index (χ3n) is 3.40. The molecule has 0 unspecified atom stereocenters. The number of rotatable bonds is 5. The summed E-state index contributed by atoms with van der Waals surface area (Å²) in [5, 5.41) is 12.0.